The van der Waals surface area contributed by atoms with Gasteiger partial charge in [-0.2, -0.15) is 0 Å². The van der Waals surface area contributed by atoms with Gasteiger partial charge < -0.3 is 10.1 Å². The van der Waals surface area contributed by atoms with Crippen molar-refractivity contribution < 1.29 is 4.74 Å². The average Bonchev–Trinajstić information content (AvgIpc) is 2.89. The summed E-state index contributed by atoms with van der Waals surface area (Å²) >= 11 is 0. The van der Waals surface area contributed by atoms with E-state index in [0.717, 1.165) is 22.9 Å². The van der Waals surface area contributed by atoms with Crippen LogP contribution in [0.2, 0.25) is 0 Å². The van der Waals surface area contributed by atoms with Crippen LogP contribution in [0.4, 0.5) is 5.82 Å². The first kappa shape index (κ1) is 15.2. The Morgan fingerprint density at radius 2 is 2.10 bits per heavy atom. The Hall–Kier alpha value is -2.18. The van der Waals surface area contributed by atoms with E-state index < -0.39 is 0 Å². The van der Waals surface area contributed by atoms with Crippen molar-refractivity contribution in [2.45, 2.75) is 13.2 Å². The summed E-state index contributed by atoms with van der Waals surface area (Å²) in [4.78, 5) is 8.54. The first-order valence-corrected chi connectivity index (χ1v) is 6.33. The number of imidazole rings is 1. The van der Waals surface area contributed by atoms with Crippen molar-refractivity contribution in [3.63, 3.8) is 0 Å². The van der Waals surface area contributed by atoms with Crippen LogP contribution in [0.15, 0.2) is 42.7 Å². The zero-order valence-corrected chi connectivity index (χ0v) is 12.4. The molecule has 0 fully saturated rings. The summed E-state index contributed by atoms with van der Waals surface area (Å²) in [5.74, 6) is 0.776. The van der Waals surface area contributed by atoms with E-state index in [-0.39, 0.29) is 12.4 Å². The van der Waals surface area contributed by atoms with Crippen LogP contribution < -0.4 is 5.32 Å². The summed E-state index contributed by atoms with van der Waals surface area (Å²) < 4.78 is 6.91. The molecule has 0 bridgehead atoms. The number of nitrogens with zero attached hydrogens (tertiary/aromatic N) is 4. The van der Waals surface area contributed by atoms with Crippen molar-refractivity contribution in [3.8, 4) is 0 Å². The molecule has 21 heavy (non-hydrogen) atoms. The van der Waals surface area contributed by atoms with Crippen molar-refractivity contribution in [2.75, 3.05) is 12.4 Å². The van der Waals surface area contributed by atoms with E-state index in [2.05, 4.69) is 20.4 Å². The van der Waals surface area contributed by atoms with Gasteiger partial charge in [-0.1, -0.05) is 6.07 Å². The Balaban J connectivity index is 0.00000161. The van der Waals surface area contributed by atoms with Crippen molar-refractivity contribution in [2.24, 2.45) is 0 Å². The maximum atomic E-state index is 5.13. The molecule has 0 aliphatic rings. The number of hydrogen-bond donors (Lipinski definition) is 1. The van der Waals surface area contributed by atoms with Gasteiger partial charge in [0.25, 0.3) is 0 Å². The van der Waals surface area contributed by atoms with Crippen LogP contribution in [0.1, 0.15) is 11.4 Å². The highest BCUT2D eigenvalue weighted by molar-refractivity contribution is 5.85. The third-order valence-corrected chi connectivity index (χ3v) is 2.90. The van der Waals surface area contributed by atoms with Crippen molar-refractivity contribution in [3.05, 3.63) is 54.1 Å². The van der Waals surface area contributed by atoms with E-state index >= 15 is 0 Å². The fraction of sp³-hybridized carbons (Fsp3) is 0.214. The van der Waals surface area contributed by atoms with Gasteiger partial charge >= 0.3 is 0 Å². The summed E-state index contributed by atoms with van der Waals surface area (Å²) in [6, 6.07) is 9.66. The number of nitrogens with one attached hydrogen (secondary N) is 1. The smallest absolute Gasteiger partial charge is 0.154 e. The van der Waals surface area contributed by atoms with Gasteiger partial charge in [0.05, 0.1) is 30.7 Å². The second kappa shape index (κ2) is 7.01. The van der Waals surface area contributed by atoms with Gasteiger partial charge in [-0.25, -0.2) is 9.50 Å². The molecule has 0 aromatic carbocycles. The topological polar surface area (TPSA) is 64.3 Å². The molecule has 0 spiro atoms. The largest absolute Gasteiger partial charge is 0.378 e. The second-order valence-electron chi connectivity index (χ2n) is 4.35. The normalized spacial score (nSPS) is 10.3. The lowest BCUT2D eigenvalue weighted by atomic mass is 10.3. The molecule has 0 unspecified atom stereocenters. The predicted molar refractivity (Wildman–Crippen MR) is 82.5 cm³/mol. The summed E-state index contributed by atoms with van der Waals surface area (Å²) in [7, 11) is 1.66. The standard InChI is InChI=1S/C14H15N5O.ClH/c1-20-10-12-9-17-14-6-5-13(18-19(12)14)16-8-11-4-2-3-7-15-11;/h2-7,9H,8,10H2,1H3,(H,16,18);1H. The summed E-state index contributed by atoms with van der Waals surface area (Å²) in [5.41, 5.74) is 2.70. The molecule has 1 N–H and O–H groups in total. The molecule has 0 saturated heterocycles. The lowest BCUT2D eigenvalue weighted by Crippen LogP contribution is -2.06. The van der Waals surface area contributed by atoms with Crippen LogP contribution >= 0.6 is 12.4 Å². The molecule has 3 aromatic heterocycles. The summed E-state index contributed by atoms with van der Waals surface area (Å²) in [5, 5.41) is 7.75. The van der Waals surface area contributed by atoms with Crippen LogP contribution in [0.5, 0.6) is 0 Å². The van der Waals surface area contributed by atoms with E-state index in [1.807, 2.05) is 30.3 Å². The second-order valence-corrected chi connectivity index (χ2v) is 4.35. The van der Waals surface area contributed by atoms with Crippen LogP contribution in [-0.4, -0.2) is 26.7 Å². The molecule has 110 valence electrons. The summed E-state index contributed by atoms with van der Waals surface area (Å²) in [6.07, 6.45) is 3.55. The van der Waals surface area contributed by atoms with Crippen molar-refractivity contribution in [1.29, 1.82) is 0 Å². The number of pyridine rings is 1. The van der Waals surface area contributed by atoms with E-state index in [0.29, 0.717) is 13.2 Å². The summed E-state index contributed by atoms with van der Waals surface area (Å²) in [6.45, 7) is 1.12. The lowest BCUT2D eigenvalue weighted by Gasteiger charge is -2.06. The molecule has 0 aliphatic carbocycles. The molecule has 3 heterocycles. The molecule has 0 aliphatic heterocycles. The molecular formula is C14H16ClN5O. The Morgan fingerprint density at radius 3 is 2.86 bits per heavy atom. The number of methoxy groups -OCH3 is 1. The zero-order valence-electron chi connectivity index (χ0n) is 11.6. The minimum absolute atomic E-state index is 0. The van der Waals surface area contributed by atoms with Gasteiger partial charge in [-0.05, 0) is 24.3 Å². The molecular weight excluding hydrogens is 290 g/mol. The molecule has 3 rings (SSSR count). The predicted octanol–water partition coefficient (Wildman–Crippen LogP) is 2.30. The van der Waals surface area contributed by atoms with Crippen LogP contribution in [0, 0.1) is 0 Å². The number of ether oxygens (including phenoxy) is 1. The minimum Gasteiger partial charge on any atom is -0.378 e. The fourth-order valence-corrected chi connectivity index (χ4v) is 1.95. The molecule has 3 aromatic rings. The van der Waals surface area contributed by atoms with Gasteiger partial charge in [0, 0.05) is 13.3 Å². The molecule has 0 saturated carbocycles. The average molecular weight is 306 g/mol. The third-order valence-electron chi connectivity index (χ3n) is 2.90. The highest BCUT2D eigenvalue weighted by Gasteiger charge is 2.05. The lowest BCUT2D eigenvalue weighted by molar-refractivity contribution is 0.180. The number of rotatable bonds is 5. The number of halogens is 1. The monoisotopic (exact) mass is 305 g/mol. The van der Waals surface area contributed by atoms with E-state index in [1.54, 1.807) is 24.0 Å². The Kier molecular flexibility index (Phi) is 5.08. The van der Waals surface area contributed by atoms with E-state index in [9.17, 15) is 0 Å². The Labute approximate surface area is 128 Å². The van der Waals surface area contributed by atoms with Gasteiger partial charge in [0.15, 0.2) is 5.65 Å². The van der Waals surface area contributed by atoms with Crippen LogP contribution in [-0.2, 0) is 17.9 Å². The zero-order chi connectivity index (χ0) is 13.8. The third kappa shape index (κ3) is 3.48. The van der Waals surface area contributed by atoms with Gasteiger partial charge in [-0.15, -0.1) is 17.5 Å². The molecule has 7 heteroatoms. The highest BCUT2D eigenvalue weighted by Crippen LogP contribution is 2.10. The van der Waals surface area contributed by atoms with E-state index in [4.69, 9.17) is 4.74 Å². The van der Waals surface area contributed by atoms with E-state index in [1.165, 1.54) is 0 Å². The minimum atomic E-state index is 0. The molecule has 0 atom stereocenters. The van der Waals surface area contributed by atoms with Gasteiger partial charge in [0.2, 0.25) is 0 Å². The van der Waals surface area contributed by atoms with Gasteiger partial charge in [0.1, 0.15) is 5.82 Å². The highest BCUT2D eigenvalue weighted by atomic mass is 35.5. The SMILES string of the molecule is COCc1cnc2ccc(NCc3ccccn3)nn12.Cl. The Morgan fingerprint density at radius 1 is 1.19 bits per heavy atom. The quantitative estimate of drug-likeness (QED) is 0.783. The first-order chi connectivity index (χ1) is 9.86. The molecule has 0 amide bonds. The van der Waals surface area contributed by atoms with Crippen molar-refractivity contribution >= 4 is 23.9 Å². The maximum absolute atomic E-state index is 5.13. The Bertz CT molecular complexity index is 701. The number of anilines is 1. The molecule has 6 nitrogen and oxygen atoms in total. The number of hydrogen-bond acceptors (Lipinski definition) is 5. The number of fused-ring (bicyclic) bond motifs is 1. The van der Waals surface area contributed by atoms with Crippen LogP contribution in [0.25, 0.3) is 5.65 Å². The fourth-order valence-electron chi connectivity index (χ4n) is 1.95. The first-order valence-electron chi connectivity index (χ1n) is 6.33. The molecule has 0 radical (unpaired) electrons. The van der Waals surface area contributed by atoms with Gasteiger partial charge in [-0.3, -0.25) is 4.98 Å². The maximum Gasteiger partial charge on any atom is 0.154 e. The van der Waals surface area contributed by atoms with Crippen molar-refractivity contribution in [1.82, 2.24) is 19.6 Å². The van der Waals surface area contributed by atoms with Crippen LogP contribution in [0.3, 0.4) is 0 Å². The number of aromatic nitrogens is 4.